The number of sulfonamides is 1. The number of anilines is 1. The Morgan fingerprint density at radius 3 is 2.11 bits per heavy atom. The zero-order chi connectivity index (χ0) is 33.4. The Balaban J connectivity index is 1.82. The van der Waals surface area contributed by atoms with Gasteiger partial charge in [0.1, 0.15) is 12.6 Å². The Hall–Kier alpha value is -3.85. The minimum absolute atomic E-state index is 0.0298. The van der Waals surface area contributed by atoms with Gasteiger partial charge in [0.25, 0.3) is 10.0 Å². The third-order valence-corrected chi connectivity index (χ3v) is 10.3. The molecule has 4 rings (SSSR count). The maximum atomic E-state index is 14.6. The molecule has 46 heavy (non-hydrogen) atoms. The van der Waals surface area contributed by atoms with Crippen LogP contribution < -0.4 is 9.62 Å². The highest BCUT2D eigenvalue weighted by Crippen LogP contribution is 2.29. The molecule has 0 unspecified atom stereocenters. The number of halogens is 2. The topological polar surface area (TPSA) is 86.8 Å². The van der Waals surface area contributed by atoms with Crippen LogP contribution in [-0.2, 0) is 32.6 Å². The quantitative estimate of drug-likeness (QED) is 0.160. The summed E-state index contributed by atoms with van der Waals surface area (Å²) in [7, 11) is -4.23. The average Bonchev–Trinajstić information content (AvgIpc) is 3.04. The van der Waals surface area contributed by atoms with Crippen molar-refractivity contribution in [3.63, 3.8) is 0 Å². The highest BCUT2D eigenvalue weighted by molar-refractivity contribution is 7.92. The molecule has 0 aliphatic rings. The van der Waals surface area contributed by atoms with Crippen molar-refractivity contribution in [3.05, 3.63) is 129 Å². The first-order chi connectivity index (χ1) is 21.9. The van der Waals surface area contributed by atoms with Crippen LogP contribution in [0.4, 0.5) is 5.69 Å². The number of nitrogens with one attached hydrogen (secondary N) is 1. The number of benzene rings is 4. The summed E-state index contributed by atoms with van der Waals surface area (Å²) >= 11 is 12.6. The molecule has 0 spiro atoms. The lowest BCUT2D eigenvalue weighted by Gasteiger charge is -2.34. The van der Waals surface area contributed by atoms with Gasteiger partial charge in [-0.3, -0.25) is 13.9 Å². The molecule has 2 atom stereocenters. The number of hydrogen-bond donors (Lipinski definition) is 1. The van der Waals surface area contributed by atoms with Crippen molar-refractivity contribution >= 4 is 50.7 Å². The summed E-state index contributed by atoms with van der Waals surface area (Å²) in [6, 6.07) is 26.7. The van der Waals surface area contributed by atoms with E-state index in [4.69, 9.17) is 23.2 Å². The second kappa shape index (κ2) is 15.6. The lowest BCUT2D eigenvalue weighted by molar-refractivity contribution is -0.140. The van der Waals surface area contributed by atoms with Crippen LogP contribution in [0.1, 0.15) is 42.5 Å². The third-order valence-electron chi connectivity index (χ3n) is 7.87. The van der Waals surface area contributed by atoms with E-state index in [2.05, 4.69) is 5.32 Å². The Morgan fingerprint density at radius 1 is 0.848 bits per heavy atom. The van der Waals surface area contributed by atoms with Crippen molar-refractivity contribution in [1.29, 1.82) is 0 Å². The first kappa shape index (κ1) is 35.0. The molecule has 2 amide bonds. The van der Waals surface area contributed by atoms with Crippen molar-refractivity contribution in [2.24, 2.45) is 0 Å². The standard InChI is InChI=1S/C36H39Cl2N3O4S/c1-5-27(4)39-36(43)34(21-28-9-7-6-8-10-28)40(23-29-14-16-30(37)17-15-29)35(42)24-41(31-18-13-26(3)33(38)22-31)46(44,45)32-19-11-25(2)12-20-32/h6-20,22,27,34H,5,21,23-24H2,1-4H3,(H,39,43)/t27-,34+/m0/s1. The van der Waals surface area contributed by atoms with E-state index in [-0.39, 0.29) is 35.5 Å². The normalized spacial score (nSPS) is 12.7. The predicted molar refractivity (Wildman–Crippen MR) is 186 cm³/mol. The van der Waals surface area contributed by atoms with Gasteiger partial charge in [0.15, 0.2) is 0 Å². The monoisotopic (exact) mass is 679 g/mol. The Kier molecular flexibility index (Phi) is 11.9. The first-order valence-corrected chi connectivity index (χ1v) is 17.3. The Morgan fingerprint density at radius 2 is 1.50 bits per heavy atom. The van der Waals surface area contributed by atoms with Crippen LogP contribution in [0.25, 0.3) is 0 Å². The van der Waals surface area contributed by atoms with E-state index < -0.39 is 28.5 Å². The summed E-state index contributed by atoms with van der Waals surface area (Å²) in [4.78, 5) is 30.0. The number of hydrogen-bond acceptors (Lipinski definition) is 4. The third kappa shape index (κ3) is 8.90. The molecule has 0 heterocycles. The highest BCUT2D eigenvalue weighted by Gasteiger charge is 2.35. The predicted octanol–water partition coefficient (Wildman–Crippen LogP) is 7.36. The number of amides is 2. The highest BCUT2D eigenvalue weighted by atomic mass is 35.5. The van der Waals surface area contributed by atoms with Crippen molar-refractivity contribution in [3.8, 4) is 0 Å². The maximum Gasteiger partial charge on any atom is 0.264 e. The van der Waals surface area contributed by atoms with Crippen LogP contribution in [0.2, 0.25) is 10.0 Å². The maximum absolute atomic E-state index is 14.6. The Labute approximate surface area is 282 Å². The molecule has 4 aromatic rings. The van der Waals surface area contributed by atoms with E-state index in [0.717, 1.165) is 26.6 Å². The molecule has 1 N–H and O–H groups in total. The largest absolute Gasteiger partial charge is 0.352 e. The molecule has 10 heteroatoms. The molecule has 0 aromatic heterocycles. The summed E-state index contributed by atoms with van der Waals surface area (Å²) in [6.07, 6.45) is 0.926. The average molecular weight is 681 g/mol. The van der Waals surface area contributed by atoms with Crippen molar-refractivity contribution in [1.82, 2.24) is 10.2 Å². The summed E-state index contributed by atoms with van der Waals surface area (Å²) in [5.41, 5.74) is 3.48. The van der Waals surface area contributed by atoms with E-state index in [0.29, 0.717) is 16.5 Å². The molecule has 242 valence electrons. The number of carbonyl (C=O) groups excluding carboxylic acids is 2. The number of rotatable bonds is 13. The zero-order valence-electron chi connectivity index (χ0n) is 26.4. The second-order valence-corrected chi connectivity index (χ2v) is 14.1. The van der Waals surface area contributed by atoms with Crippen LogP contribution in [0.5, 0.6) is 0 Å². The smallest absolute Gasteiger partial charge is 0.264 e. The summed E-state index contributed by atoms with van der Waals surface area (Å²) < 4.78 is 29.4. The molecule has 0 aliphatic heterocycles. The van der Waals surface area contributed by atoms with Crippen molar-refractivity contribution in [2.45, 2.75) is 64.1 Å². The van der Waals surface area contributed by atoms with E-state index in [1.165, 1.54) is 23.1 Å². The van der Waals surface area contributed by atoms with Gasteiger partial charge < -0.3 is 10.2 Å². The number of carbonyl (C=O) groups is 2. The van der Waals surface area contributed by atoms with Gasteiger partial charge in [-0.1, -0.05) is 96.4 Å². The number of nitrogens with zero attached hydrogens (tertiary/aromatic N) is 2. The van der Waals surface area contributed by atoms with Gasteiger partial charge in [-0.15, -0.1) is 0 Å². The SMILES string of the molecule is CC[C@H](C)NC(=O)[C@@H](Cc1ccccc1)N(Cc1ccc(Cl)cc1)C(=O)CN(c1ccc(C)c(Cl)c1)S(=O)(=O)c1ccc(C)cc1. The van der Waals surface area contributed by atoms with E-state index in [1.807, 2.05) is 58.0 Å². The molecule has 0 aliphatic carbocycles. The number of aryl methyl sites for hydroxylation is 2. The molecular formula is C36H39Cl2N3O4S. The fourth-order valence-corrected chi connectivity index (χ4v) is 6.59. The van der Waals surface area contributed by atoms with Crippen LogP contribution in [0.3, 0.4) is 0 Å². The lowest BCUT2D eigenvalue weighted by Crippen LogP contribution is -2.54. The molecule has 0 radical (unpaired) electrons. The molecule has 0 saturated heterocycles. The van der Waals surface area contributed by atoms with Gasteiger partial charge in [-0.2, -0.15) is 0 Å². The summed E-state index contributed by atoms with van der Waals surface area (Å²) in [5, 5.41) is 3.93. The second-order valence-electron chi connectivity index (χ2n) is 11.4. The molecule has 4 aromatic carbocycles. The van der Waals surface area contributed by atoms with E-state index >= 15 is 0 Å². The van der Waals surface area contributed by atoms with Crippen LogP contribution in [0, 0.1) is 13.8 Å². The van der Waals surface area contributed by atoms with Gasteiger partial charge in [-0.25, -0.2) is 8.42 Å². The van der Waals surface area contributed by atoms with E-state index in [1.54, 1.807) is 48.5 Å². The van der Waals surface area contributed by atoms with Gasteiger partial charge in [0.05, 0.1) is 10.6 Å². The van der Waals surface area contributed by atoms with Crippen molar-refractivity contribution in [2.75, 3.05) is 10.8 Å². The lowest BCUT2D eigenvalue weighted by atomic mass is 10.0. The molecular weight excluding hydrogens is 641 g/mol. The fourth-order valence-electron chi connectivity index (χ4n) is 4.88. The van der Waals surface area contributed by atoms with Gasteiger partial charge in [0, 0.05) is 29.1 Å². The minimum Gasteiger partial charge on any atom is -0.352 e. The van der Waals surface area contributed by atoms with Crippen molar-refractivity contribution < 1.29 is 18.0 Å². The first-order valence-electron chi connectivity index (χ1n) is 15.1. The van der Waals surface area contributed by atoms with E-state index in [9.17, 15) is 18.0 Å². The van der Waals surface area contributed by atoms with Crippen LogP contribution in [0.15, 0.2) is 102 Å². The van der Waals surface area contributed by atoms with Gasteiger partial charge >= 0.3 is 0 Å². The summed E-state index contributed by atoms with van der Waals surface area (Å²) in [5.74, 6) is -0.880. The van der Waals surface area contributed by atoms with Gasteiger partial charge in [-0.05, 0) is 80.3 Å². The molecule has 0 fully saturated rings. The zero-order valence-corrected chi connectivity index (χ0v) is 28.7. The fraction of sp³-hybridized carbons (Fsp3) is 0.278. The van der Waals surface area contributed by atoms with Gasteiger partial charge in [0.2, 0.25) is 11.8 Å². The van der Waals surface area contributed by atoms with Crippen LogP contribution in [-0.4, -0.2) is 43.8 Å². The molecule has 7 nitrogen and oxygen atoms in total. The molecule has 0 saturated carbocycles. The summed E-state index contributed by atoms with van der Waals surface area (Å²) in [6.45, 7) is 7.03. The minimum atomic E-state index is -4.23. The molecule has 0 bridgehead atoms. The Bertz CT molecular complexity index is 1750. The van der Waals surface area contributed by atoms with Crippen LogP contribution >= 0.6 is 23.2 Å².